The first-order valence-electron chi connectivity index (χ1n) is 9.49. The van der Waals surface area contributed by atoms with Gasteiger partial charge in [-0.05, 0) is 31.6 Å². The quantitative estimate of drug-likeness (QED) is 0.681. The van der Waals surface area contributed by atoms with E-state index in [0.29, 0.717) is 17.8 Å². The molecule has 0 saturated heterocycles. The molecule has 146 valence electrons. The molecule has 0 saturated carbocycles. The maximum Gasteiger partial charge on any atom is 0.255 e. The van der Waals surface area contributed by atoms with Crippen molar-refractivity contribution in [2.75, 3.05) is 27.2 Å². The largest absolute Gasteiger partial charge is 0.351 e. The molecule has 3 rings (SSSR count). The van der Waals surface area contributed by atoms with E-state index in [1.807, 2.05) is 81.0 Å². The molecule has 1 aromatic heterocycles. The molecule has 2 aromatic carbocycles. The smallest absolute Gasteiger partial charge is 0.255 e. The Morgan fingerprint density at radius 2 is 1.64 bits per heavy atom. The predicted molar refractivity (Wildman–Crippen MR) is 114 cm³/mol. The van der Waals surface area contributed by atoms with Crippen LogP contribution in [0, 0.1) is 5.41 Å². The number of benzene rings is 2. The van der Waals surface area contributed by atoms with Crippen molar-refractivity contribution < 1.29 is 4.79 Å². The molecule has 1 amide bonds. The van der Waals surface area contributed by atoms with Crippen molar-refractivity contribution in [2.45, 2.75) is 13.8 Å². The van der Waals surface area contributed by atoms with Crippen molar-refractivity contribution in [1.29, 1.82) is 0 Å². The van der Waals surface area contributed by atoms with Crippen LogP contribution in [0.15, 0.2) is 66.9 Å². The van der Waals surface area contributed by atoms with Gasteiger partial charge in [0.25, 0.3) is 5.91 Å². The third-order valence-electron chi connectivity index (χ3n) is 4.50. The fraction of sp³-hybridized carbons (Fsp3) is 0.304. The standard InChI is InChI=1S/C23H28N4O/c1-23(2,17-26(3)4)16-24-22(28)20-15-27(19-13-9-6-10-14-19)25-21(20)18-11-7-5-8-12-18/h5-15H,16-17H2,1-4H3,(H,24,28). The van der Waals surface area contributed by atoms with Crippen molar-refractivity contribution in [1.82, 2.24) is 20.0 Å². The van der Waals surface area contributed by atoms with Crippen LogP contribution >= 0.6 is 0 Å². The number of carbonyl (C=O) groups is 1. The van der Waals surface area contributed by atoms with Crippen LogP contribution in [0.25, 0.3) is 16.9 Å². The van der Waals surface area contributed by atoms with E-state index in [-0.39, 0.29) is 11.3 Å². The Kier molecular flexibility index (Phi) is 5.95. The first-order valence-corrected chi connectivity index (χ1v) is 9.49. The lowest BCUT2D eigenvalue weighted by atomic mass is 9.93. The number of hydrogen-bond donors (Lipinski definition) is 1. The highest BCUT2D eigenvalue weighted by atomic mass is 16.1. The molecule has 1 N–H and O–H groups in total. The Morgan fingerprint density at radius 3 is 2.25 bits per heavy atom. The predicted octanol–water partition coefficient (Wildman–Crippen LogP) is 3.86. The molecule has 1 heterocycles. The van der Waals surface area contributed by atoms with Gasteiger partial charge < -0.3 is 10.2 Å². The first kappa shape index (κ1) is 19.8. The lowest BCUT2D eigenvalue weighted by Crippen LogP contribution is -2.40. The van der Waals surface area contributed by atoms with Crippen molar-refractivity contribution in [2.24, 2.45) is 5.41 Å². The van der Waals surface area contributed by atoms with Gasteiger partial charge in [0, 0.05) is 24.8 Å². The van der Waals surface area contributed by atoms with Gasteiger partial charge in [0.2, 0.25) is 0 Å². The molecule has 0 bridgehead atoms. The van der Waals surface area contributed by atoms with E-state index in [1.165, 1.54) is 0 Å². The Balaban J connectivity index is 1.90. The summed E-state index contributed by atoms with van der Waals surface area (Å²) >= 11 is 0. The summed E-state index contributed by atoms with van der Waals surface area (Å²) in [5.41, 5.74) is 3.09. The minimum absolute atomic E-state index is 0.0263. The number of amides is 1. The van der Waals surface area contributed by atoms with E-state index in [9.17, 15) is 4.79 Å². The second-order valence-corrected chi connectivity index (χ2v) is 8.12. The minimum atomic E-state index is -0.104. The zero-order valence-corrected chi connectivity index (χ0v) is 17.0. The van der Waals surface area contributed by atoms with Crippen LogP contribution in [-0.4, -0.2) is 47.8 Å². The number of carbonyl (C=O) groups excluding carboxylic acids is 1. The minimum Gasteiger partial charge on any atom is -0.351 e. The zero-order chi connectivity index (χ0) is 20.1. The lowest BCUT2D eigenvalue weighted by molar-refractivity contribution is 0.0930. The fourth-order valence-corrected chi connectivity index (χ4v) is 3.39. The van der Waals surface area contributed by atoms with Crippen LogP contribution in [0.3, 0.4) is 0 Å². The van der Waals surface area contributed by atoms with E-state index in [4.69, 9.17) is 5.10 Å². The van der Waals surface area contributed by atoms with Crippen molar-refractivity contribution >= 4 is 5.91 Å². The van der Waals surface area contributed by atoms with E-state index in [0.717, 1.165) is 17.8 Å². The molecule has 0 spiro atoms. The molecule has 0 aliphatic heterocycles. The zero-order valence-electron chi connectivity index (χ0n) is 17.0. The molecule has 0 aliphatic carbocycles. The monoisotopic (exact) mass is 376 g/mol. The summed E-state index contributed by atoms with van der Waals surface area (Å²) < 4.78 is 1.77. The maximum atomic E-state index is 13.0. The molecular formula is C23H28N4O. The van der Waals surface area contributed by atoms with Gasteiger partial charge in [0.1, 0.15) is 5.69 Å². The van der Waals surface area contributed by atoms with Crippen molar-refractivity contribution in [3.8, 4) is 16.9 Å². The van der Waals surface area contributed by atoms with Crippen LogP contribution in [0.4, 0.5) is 0 Å². The van der Waals surface area contributed by atoms with Crippen molar-refractivity contribution in [3.63, 3.8) is 0 Å². The molecule has 0 aliphatic rings. The molecule has 0 atom stereocenters. The molecule has 0 fully saturated rings. The Labute approximate surface area is 167 Å². The van der Waals surface area contributed by atoms with Crippen LogP contribution < -0.4 is 5.32 Å². The second-order valence-electron chi connectivity index (χ2n) is 8.12. The summed E-state index contributed by atoms with van der Waals surface area (Å²) in [6.07, 6.45) is 1.81. The highest BCUT2D eigenvalue weighted by molar-refractivity contribution is 5.99. The topological polar surface area (TPSA) is 50.2 Å². The Hall–Kier alpha value is -2.92. The van der Waals surface area contributed by atoms with Crippen LogP contribution in [-0.2, 0) is 0 Å². The highest BCUT2D eigenvalue weighted by Gasteiger charge is 2.23. The van der Waals surface area contributed by atoms with Gasteiger partial charge in [0.15, 0.2) is 0 Å². The Morgan fingerprint density at radius 1 is 1.04 bits per heavy atom. The van der Waals surface area contributed by atoms with Crippen LogP contribution in [0.1, 0.15) is 24.2 Å². The summed E-state index contributed by atoms with van der Waals surface area (Å²) in [6, 6.07) is 19.7. The molecule has 0 radical (unpaired) electrons. The number of rotatable bonds is 7. The van der Waals surface area contributed by atoms with Gasteiger partial charge in [0.05, 0.1) is 11.3 Å². The molecular weight excluding hydrogens is 348 g/mol. The summed E-state index contributed by atoms with van der Waals surface area (Å²) in [6.45, 7) is 5.79. The summed E-state index contributed by atoms with van der Waals surface area (Å²) in [4.78, 5) is 15.2. The number of para-hydroxylation sites is 1. The van der Waals surface area contributed by atoms with Gasteiger partial charge in [-0.3, -0.25) is 4.79 Å². The normalized spacial score (nSPS) is 11.6. The summed E-state index contributed by atoms with van der Waals surface area (Å²) in [5.74, 6) is -0.104. The maximum absolute atomic E-state index is 13.0. The number of nitrogens with one attached hydrogen (secondary N) is 1. The number of nitrogens with zero attached hydrogens (tertiary/aromatic N) is 3. The SMILES string of the molecule is CN(C)CC(C)(C)CNC(=O)c1cn(-c2ccccc2)nc1-c1ccccc1. The van der Waals surface area contributed by atoms with E-state index in [1.54, 1.807) is 4.68 Å². The van der Waals surface area contributed by atoms with Gasteiger partial charge in [-0.1, -0.05) is 62.4 Å². The second kappa shape index (κ2) is 8.40. The average molecular weight is 377 g/mol. The van der Waals surface area contributed by atoms with E-state index >= 15 is 0 Å². The van der Waals surface area contributed by atoms with Crippen LogP contribution in [0.5, 0.6) is 0 Å². The summed E-state index contributed by atoms with van der Waals surface area (Å²) in [5, 5.41) is 7.81. The highest BCUT2D eigenvalue weighted by Crippen LogP contribution is 2.24. The van der Waals surface area contributed by atoms with E-state index < -0.39 is 0 Å². The Bertz CT molecular complexity index is 914. The molecule has 5 heteroatoms. The molecule has 5 nitrogen and oxygen atoms in total. The third kappa shape index (κ3) is 4.87. The lowest BCUT2D eigenvalue weighted by Gasteiger charge is -2.28. The van der Waals surface area contributed by atoms with Gasteiger partial charge in [-0.15, -0.1) is 0 Å². The summed E-state index contributed by atoms with van der Waals surface area (Å²) in [7, 11) is 4.09. The average Bonchev–Trinajstić information content (AvgIpc) is 3.12. The molecule has 28 heavy (non-hydrogen) atoms. The van der Waals surface area contributed by atoms with Gasteiger partial charge >= 0.3 is 0 Å². The molecule has 3 aromatic rings. The van der Waals surface area contributed by atoms with E-state index in [2.05, 4.69) is 24.1 Å². The van der Waals surface area contributed by atoms with Crippen molar-refractivity contribution in [3.05, 3.63) is 72.4 Å². The van der Waals surface area contributed by atoms with Gasteiger partial charge in [-0.2, -0.15) is 5.10 Å². The third-order valence-corrected chi connectivity index (χ3v) is 4.50. The van der Waals surface area contributed by atoms with Gasteiger partial charge in [-0.25, -0.2) is 4.68 Å². The molecule has 0 unspecified atom stereocenters. The number of hydrogen-bond acceptors (Lipinski definition) is 3. The fourth-order valence-electron chi connectivity index (χ4n) is 3.39. The number of aromatic nitrogens is 2. The van der Waals surface area contributed by atoms with Crippen LogP contribution in [0.2, 0.25) is 0 Å². The first-order chi connectivity index (χ1) is 13.4.